The van der Waals surface area contributed by atoms with Crippen LogP contribution >= 0.6 is 0 Å². The fourth-order valence-corrected chi connectivity index (χ4v) is 3.03. The second-order valence-corrected chi connectivity index (χ2v) is 5.94. The van der Waals surface area contributed by atoms with Gasteiger partial charge in [0.05, 0.1) is 5.92 Å². The normalized spacial score (nSPS) is 31.3. The minimum atomic E-state index is -0.784. The number of nitrogens with zero attached hydrogens (tertiary/aromatic N) is 1. The first-order valence-electron chi connectivity index (χ1n) is 6.67. The molecular weight excluding hydrogens is 232 g/mol. The fourth-order valence-electron chi connectivity index (χ4n) is 3.03. The van der Waals surface area contributed by atoms with Crippen molar-refractivity contribution in [3.05, 3.63) is 0 Å². The number of carboxylic acids is 1. The van der Waals surface area contributed by atoms with Crippen LogP contribution in [-0.2, 0) is 9.59 Å². The van der Waals surface area contributed by atoms with Crippen molar-refractivity contribution in [1.82, 2.24) is 10.2 Å². The highest BCUT2D eigenvalue weighted by Gasteiger charge is 2.43. The Labute approximate surface area is 108 Å². The molecule has 2 N–H and O–H groups in total. The van der Waals surface area contributed by atoms with Crippen LogP contribution in [0.4, 0.5) is 0 Å². The Kier molecular flexibility index (Phi) is 3.61. The summed E-state index contributed by atoms with van der Waals surface area (Å²) >= 11 is 0. The fraction of sp³-hybridized carbons (Fsp3) is 0.846. The summed E-state index contributed by atoms with van der Waals surface area (Å²) in [5, 5.41) is 12.4. The molecule has 2 unspecified atom stereocenters. The van der Waals surface area contributed by atoms with Crippen LogP contribution < -0.4 is 5.32 Å². The molecule has 2 saturated heterocycles. The van der Waals surface area contributed by atoms with Crippen molar-refractivity contribution in [2.75, 3.05) is 26.2 Å². The third-order valence-corrected chi connectivity index (χ3v) is 4.44. The van der Waals surface area contributed by atoms with Crippen LogP contribution in [0, 0.1) is 17.3 Å². The number of piperidine rings is 1. The Morgan fingerprint density at radius 1 is 1.28 bits per heavy atom. The number of carbonyl (C=O) groups excluding carboxylic acids is 1. The first-order valence-corrected chi connectivity index (χ1v) is 6.67. The summed E-state index contributed by atoms with van der Waals surface area (Å²) in [6, 6.07) is 0. The summed E-state index contributed by atoms with van der Waals surface area (Å²) in [6.45, 7) is 6.62. The van der Waals surface area contributed by atoms with Gasteiger partial charge in [-0.3, -0.25) is 9.59 Å². The second kappa shape index (κ2) is 4.88. The minimum Gasteiger partial charge on any atom is -0.481 e. The van der Waals surface area contributed by atoms with Crippen molar-refractivity contribution in [3.63, 3.8) is 0 Å². The number of carboxylic acid groups (broad SMARTS) is 1. The molecule has 2 atom stereocenters. The predicted octanol–water partition coefficient (Wildman–Crippen LogP) is 0.555. The zero-order valence-electron chi connectivity index (χ0n) is 11.1. The zero-order valence-corrected chi connectivity index (χ0v) is 11.1. The number of aliphatic carboxylic acids is 1. The topological polar surface area (TPSA) is 69.6 Å². The highest BCUT2D eigenvalue weighted by atomic mass is 16.4. The molecule has 0 saturated carbocycles. The van der Waals surface area contributed by atoms with Crippen molar-refractivity contribution in [3.8, 4) is 0 Å². The van der Waals surface area contributed by atoms with E-state index in [0.29, 0.717) is 13.1 Å². The van der Waals surface area contributed by atoms with Gasteiger partial charge in [0, 0.05) is 18.5 Å². The molecule has 2 heterocycles. The van der Waals surface area contributed by atoms with Crippen LogP contribution in [0.1, 0.15) is 26.7 Å². The lowest BCUT2D eigenvalue weighted by Gasteiger charge is -2.36. The summed E-state index contributed by atoms with van der Waals surface area (Å²) in [5.74, 6) is -0.996. The Morgan fingerprint density at radius 2 is 1.89 bits per heavy atom. The standard InChI is InChI=1S/C13H22N2O3/c1-9-7-15(8-10(9)11(16)17)12(18)13(2)3-5-14-6-4-13/h9-10,14H,3-8H2,1-2H3,(H,16,17). The molecule has 0 spiro atoms. The first kappa shape index (κ1) is 13.3. The number of carbonyl (C=O) groups is 2. The van der Waals surface area contributed by atoms with Gasteiger partial charge in [-0.05, 0) is 31.8 Å². The number of amides is 1. The van der Waals surface area contributed by atoms with Gasteiger partial charge in [-0.15, -0.1) is 0 Å². The van der Waals surface area contributed by atoms with Gasteiger partial charge in [-0.25, -0.2) is 0 Å². The summed E-state index contributed by atoms with van der Waals surface area (Å²) in [7, 11) is 0. The van der Waals surface area contributed by atoms with Crippen LogP contribution in [0.3, 0.4) is 0 Å². The molecular formula is C13H22N2O3. The van der Waals surface area contributed by atoms with Gasteiger partial charge in [0.1, 0.15) is 0 Å². The van der Waals surface area contributed by atoms with Crippen molar-refractivity contribution in [2.24, 2.45) is 17.3 Å². The van der Waals surface area contributed by atoms with Gasteiger partial charge in [0.2, 0.25) is 5.91 Å². The molecule has 5 heteroatoms. The maximum absolute atomic E-state index is 12.5. The third-order valence-electron chi connectivity index (χ3n) is 4.44. The second-order valence-electron chi connectivity index (χ2n) is 5.94. The van der Waals surface area contributed by atoms with E-state index in [1.807, 2.05) is 13.8 Å². The lowest BCUT2D eigenvalue weighted by molar-refractivity contribution is -0.144. The molecule has 0 aromatic heterocycles. The van der Waals surface area contributed by atoms with Crippen molar-refractivity contribution in [2.45, 2.75) is 26.7 Å². The number of likely N-dealkylation sites (tertiary alicyclic amines) is 1. The lowest BCUT2D eigenvalue weighted by Crippen LogP contribution is -2.47. The molecule has 0 aliphatic carbocycles. The predicted molar refractivity (Wildman–Crippen MR) is 67.1 cm³/mol. The van der Waals surface area contributed by atoms with Gasteiger partial charge < -0.3 is 15.3 Å². The van der Waals surface area contributed by atoms with Crippen molar-refractivity contribution >= 4 is 11.9 Å². The average Bonchev–Trinajstić information content (AvgIpc) is 2.71. The number of rotatable bonds is 2. The van der Waals surface area contributed by atoms with E-state index in [1.165, 1.54) is 0 Å². The maximum atomic E-state index is 12.5. The summed E-state index contributed by atoms with van der Waals surface area (Å²) in [6.07, 6.45) is 1.68. The number of hydrogen-bond acceptors (Lipinski definition) is 3. The summed E-state index contributed by atoms with van der Waals surface area (Å²) in [5.41, 5.74) is -0.307. The SMILES string of the molecule is CC1CN(C(=O)C2(C)CCNCC2)CC1C(=O)O. The Balaban J connectivity index is 2.04. The summed E-state index contributed by atoms with van der Waals surface area (Å²) in [4.78, 5) is 25.4. The molecule has 1 amide bonds. The third kappa shape index (κ3) is 2.36. The molecule has 0 radical (unpaired) electrons. The molecule has 18 heavy (non-hydrogen) atoms. The zero-order chi connectivity index (χ0) is 13.3. The van der Waals surface area contributed by atoms with E-state index in [9.17, 15) is 9.59 Å². The molecule has 102 valence electrons. The van der Waals surface area contributed by atoms with Crippen LogP contribution in [-0.4, -0.2) is 48.1 Å². The highest BCUT2D eigenvalue weighted by Crippen LogP contribution is 2.33. The van der Waals surface area contributed by atoms with Crippen LogP contribution in [0.15, 0.2) is 0 Å². The van der Waals surface area contributed by atoms with Crippen LogP contribution in [0.25, 0.3) is 0 Å². The molecule has 2 rings (SSSR count). The van der Waals surface area contributed by atoms with E-state index >= 15 is 0 Å². The van der Waals surface area contributed by atoms with Crippen molar-refractivity contribution < 1.29 is 14.7 Å². The van der Waals surface area contributed by atoms with E-state index < -0.39 is 11.9 Å². The van der Waals surface area contributed by atoms with E-state index in [-0.39, 0.29) is 17.2 Å². The van der Waals surface area contributed by atoms with E-state index in [1.54, 1.807) is 4.90 Å². The molecule has 5 nitrogen and oxygen atoms in total. The smallest absolute Gasteiger partial charge is 0.308 e. The van der Waals surface area contributed by atoms with Gasteiger partial charge in [0.15, 0.2) is 0 Å². The number of hydrogen-bond donors (Lipinski definition) is 2. The maximum Gasteiger partial charge on any atom is 0.308 e. The minimum absolute atomic E-state index is 0.0526. The summed E-state index contributed by atoms with van der Waals surface area (Å²) < 4.78 is 0. The van der Waals surface area contributed by atoms with E-state index in [4.69, 9.17) is 5.11 Å². The first-order chi connectivity index (χ1) is 8.44. The molecule has 0 aromatic carbocycles. The molecule has 2 aliphatic heterocycles. The molecule has 0 bridgehead atoms. The average molecular weight is 254 g/mol. The van der Waals surface area contributed by atoms with Gasteiger partial charge >= 0.3 is 5.97 Å². The number of nitrogens with one attached hydrogen (secondary N) is 1. The van der Waals surface area contributed by atoms with E-state index in [0.717, 1.165) is 25.9 Å². The highest BCUT2D eigenvalue weighted by molar-refractivity contribution is 5.84. The van der Waals surface area contributed by atoms with Crippen LogP contribution in [0.2, 0.25) is 0 Å². The van der Waals surface area contributed by atoms with Gasteiger partial charge in [-0.1, -0.05) is 13.8 Å². The monoisotopic (exact) mass is 254 g/mol. The van der Waals surface area contributed by atoms with Crippen molar-refractivity contribution in [1.29, 1.82) is 0 Å². The quantitative estimate of drug-likeness (QED) is 0.755. The Hall–Kier alpha value is -1.10. The molecule has 0 aromatic rings. The van der Waals surface area contributed by atoms with Gasteiger partial charge in [0.25, 0.3) is 0 Å². The Bertz CT molecular complexity index is 350. The lowest BCUT2D eigenvalue weighted by atomic mass is 9.79. The molecule has 2 fully saturated rings. The molecule has 2 aliphatic rings. The van der Waals surface area contributed by atoms with Crippen LogP contribution in [0.5, 0.6) is 0 Å². The van der Waals surface area contributed by atoms with E-state index in [2.05, 4.69) is 5.32 Å². The van der Waals surface area contributed by atoms with Gasteiger partial charge in [-0.2, -0.15) is 0 Å². The Morgan fingerprint density at radius 3 is 2.39 bits per heavy atom. The largest absolute Gasteiger partial charge is 0.481 e.